The van der Waals surface area contributed by atoms with E-state index in [1.165, 1.54) is 4.90 Å². The molecule has 3 rings (SSSR count). The van der Waals surface area contributed by atoms with Crippen LogP contribution in [0.15, 0.2) is 24.3 Å². The van der Waals surface area contributed by atoms with Gasteiger partial charge in [-0.15, -0.1) is 0 Å². The molecule has 6 heteroatoms. The van der Waals surface area contributed by atoms with Crippen molar-refractivity contribution in [1.82, 2.24) is 10.3 Å². The average molecular weight is 280 g/mol. The van der Waals surface area contributed by atoms with Crippen LogP contribution in [0.3, 0.4) is 0 Å². The molecule has 2 heterocycles. The van der Waals surface area contributed by atoms with Gasteiger partial charge in [0.1, 0.15) is 0 Å². The number of nitriles is 1. The van der Waals surface area contributed by atoms with E-state index in [-0.39, 0.29) is 12.3 Å². The van der Waals surface area contributed by atoms with E-state index in [1.807, 2.05) is 6.07 Å². The number of benzene rings is 1. The first kappa shape index (κ1) is 13.1. The van der Waals surface area contributed by atoms with Crippen LogP contribution in [0, 0.1) is 18.3 Å². The predicted molar refractivity (Wildman–Crippen MR) is 76.7 cm³/mol. The molecule has 0 unspecified atom stereocenters. The summed E-state index contributed by atoms with van der Waals surface area (Å²) in [5.74, 6) is -0.263. The summed E-state index contributed by atoms with van der Waals surface area (Å²) in [5, 5.41) is 12.1. The largest absolute Gasteiger partial charge is 0.328 e. The Labute approximate surface area is 121 Å². The van der Waals surface area contributed by atoms with Crippen LogP contribution in [0.2, 0.25) is 0 Å². The lowest BCUT2D eigenvalue weighted by Gasteiger charge is -2.27. The minimum Gasteiger partial charge on any atom is -0.292 e. The normalized spacial score (nSPS) is 15.0. The third-order valence-corrected chi connectivity index (χ3v) is 3.46. The molecule has 3 amide bonds. The van der Waals surface area contributed by atoms with Crippen molar-refractivity contribution in [2.45, 2.75) is 13.3 Å². The van der Waals surface area contributed by atoms with Gasteiger partial charge in [0.05, 0.1) is 28.5 Å². The number of urea groups is 1. The maximum Gasteiger partial charge on any atom is 0.328 e. The molecule has 1 aromatic heterocycles. The van der Waals surface area contributed by atoms with Crippen molar-refractivity contribution in [2.24, 2.45) is 0 Å². The van der Waals surface area contributed by atoms with Crippen LogP contribution < -0.4 is 10.2 Å². The Bertz CT molecular complexity index is 807. The molecule has 0 radical (unpaired) electrons. The van der Waals surface area contributed by atoms with Crippen molar-refractivity contribution in [3.63, 3.8) is 0 Å². The summed E-state index contributed by atoms with van der Waals surface area (Å²) in [6, 6.07) is 8.73. The molecule has 1 aromatic carbocycles. The van der Waals surface area contributed by atoms with Crippen LogP contribution in [-0.4, -0.2) is 23.5 Å². The molecule has 1 N–H and O–H groups in total. The number of fused-ring (bicyclic) bond motifs is 1. The molecule has 0 atom stereocenters. The van der Waals surface area contributed by atoms with Crippen LogP contribution in [0.4, 0.5) is 10.5 Å². The number of hydrogen-bond donors (Lipinski definition) is 1. The van der Waals surface area contributed by atoms with Crippen molar-refractivity contribution in [3.8, 4) is 6.07 Å². The van der Waals surface area contributed by atoms with Gasteiger partial charge in [-0.2, -0.15) is 5.26 Å². The number of carbonyl (C=O) groups excluding carboxylic acids is 2. The summed E-state index contributed by atoms with van der Waals surface area (Å²) in [6.07, 6.45) is 0.274. The second kappa shape index (κ2) is 4.87. The molecule has 1 aliphatic rings. The number of imide groups is 1. The fourth-order valence-corrected chi connectivity index (χ4v) is 2.39. The zero-order chi connectivity index (χ0) is 15.0. The third kappa shape index (κ3) is 2.30. The van der Waals surface area contributed by atoms with E-state index in [0.29, 0.717) is 29.0 Å². The van der Waals surface area contributed by atoms with Gasteiger partial charge in [-0.3, -0.25) is 20.0 Å². The van der Waals surface area contributed by atoms with Crippen molar-refractivity contribution in [3.05, 3.63) is 35.5 Å². The standard InChI is InChI=1S/C15H12N4O2/c1-9-13(19-5-4-14(20)18-15(19)21)7-11-3-2-10(8-16)6-12(11)17-9/h2-3,6-7H,4-5H2,1H3,(H,18,20,21). The molecular formula is C15H12N4O2. The van der Waals surface area contributed by atoms with Crippen LogP contribution in [0.25, 0.3) is 10.9 Å². The van der Waals surface area contributed by atoms with Crippen LogP contribution in [0.1, 0.15) is 17.7 Å². The molecule has 104 valence electrons. The second-order valence-electron chi connectivity index (χ2n) is 4.87. The lowest BCUT2D eigenvalue weighted by Crippen LogP contribution is -2.49. The molecule has 0 saturated carbocycles. The molecule has 0 aliphatic carbocycles. The Kier molecular flexibility index (Phi) is 3.03. The number of amides is 3. The van der Waals surface area contributed by atoms with Gasteiger partial charge in [0.2, 0.25) is 5.91 Å². The number of nitrogens with one attached hydrogen (secondary N) is 1. The van der Waals surface area contributed by atoms with E-state index >= 15 is 0 Å². The van der Waals surface area contributed by atoms with E-state index in [2.05, 4.69) is 16.4 Å². The molecule has 1 aliphatic heterocycles. The molecule has 1 fully saturated rings. The average Bonchev–Trinajstić information content (AvgIpc) is 2.46. The Morgan fingerprint density at radius 1 is 1.33 bits per heavy atom. The topological polar surface area (TPSA) is 86.1 Å². The molecular weight excluding hydrogens is 268 g/mol. The highest BCUT2D eigenvalue weighted by Gasteiger charge is 2.25. The van der Waals surface area contributed by atoms with E-state index in [0.717, 1.165) is 5.39 Å². The summed E-state index contributed by atoms with van der Waals surface area (Å²) in [7, 11) is 0. The van der Waals surface area contributed by atoms with Crippen molar-refractivity contribution in [1.29, 1.82) is 5.26 Å². The fraction of sp³-hybridized carbons (Fsp3) is 0.200. The molecule has 0 bridgehead atoms. The number of aromatic nitrogens is 1. The zero-order valence-electron chi connectivity index (χ0n) is 11.4. The molecule has 1 saturated heterocycles. The van der Waals surface area contributed by atoms with Crippen molar-refractivity contribution >= 4 is 28.5 Å². The first-order chi connectivity index (χ1) is 10.1. The van der Waals surface area contributed by atoms with E-state index < -0.39 is 6.03 Å². The van der Waals surface area contributed by atoms with Crippen LogP contribution in [0.5, 0.6) is 0 Å². The van der Waals surface area contributed by atoms with E-state index in [9.17, 15) is 9.59 Å². The Balaban J connectivity index is 2.07. The van der Waals surface area contributed by atoms with Crippen molar-refractivity contribution in [2.75, 3.05) is 11.4 Å². The Morgan fingerprint density at radius 2 is 2.14 bits per heavy atom. The Hall–Kier alpha value is -2.94. The van der Waals surface area contributed by atoms with Crippen LogP contribution >= 0.6 is 0 Å². The summed E-state index contributed by atoms with van der Waals surface area (Å²) in [6.45, 7) is 2.15. The molecule has 0 spiro atoms. The number of carbonyl (C=O) groups is 2. The summed E-state index contributed by atoms with van der Waals surface area (Å²) < 4.78 is 0. The monoisotopic (exact) mass is 280 g/mol. The number of aryl methyl sites for hydroxylation is 1. The maximum atomic E-state index is 11.9. The summed E-state index contributed by atoms with van der Waals surface area (Å²) in [4.78, 5) is 29.1. The van der Waals surface area contributed by atoms with Crippen LogP contribution in [-0.2, 0) is 4.79 Å². The van der Waals surface area contributed by atoms with Gasteiger partial charge in [0.15, 0.2) is 0 Å². The first-order valence-electron chi connectivity index (χ1n) is 6.51. The van der Waals surface area contributed by atoms with Gasteiger partial charge in [-0.1, -0.05) is 6.07 Å². The van der Waals surface area contributed by atoms with E-state index in [1.54, 1.807) is 25.1 Å². The molecule has 6 nitrogen and oxygen atoms in total. The van der Waals surface area contributed by atoms with Gasteiger partial charge in [-0.25, -0.2) is 4.79 Å². The minimum atomic E-state index is -0.427. The zero-order valence-corrected chi connectivity index (χ0v) is 11.4. The lowest BCUT2D eigenvalue weighted by atomic mass is 10.1. The highest BCUT2D eigenvalue weighted by molar-refractivity contribution is 6.06. The van der Waals surface area contributed by atoms with Gasteiger partial charge in [0.25, 0.3) is 0 Å². The van der Waals surface area contributed by atoms with Crippen molar-refractivity contribution < 1.29 is 9.59 Å². The van der Waals surface area contributed by atoms with Gasteiger partial charge in [-0.05, 0) is 25.1 Å². The number of nitrogens with zero attached hydrogens (tertiary/aromatic N) is 3. The lowest BCUT2D eigenvalue weighted by molar-refractivity contribution is -0.120. The predicted octanol–water partition coefficient (Wildman–Crippen LogP) is 1.86. The molecule has 21 heavy (non-hydrogen) atoms. The summed E-state index contributed by atoms with van der Waals surface area (Å²) in [5.41, 5.74) is 2.62. The number of pyridine rings is 1. The quantitative estimate of drug-likeness (QED) is 0.863. The highest BCUT2D eigenvalue weighted by atomic mass is 16.2. The third-order valence-electron chi connectivity index (χ3n) is 3.46. The summed E-state index contributed by atoms with van der Waals surface area (Å²) >= 11 is 0. The highest BCUT2D eigenvalue weighted by Crippen LogP contribution is 2.26. The van der Waals surface area contributed by atoms with E-state index in [4.69, 9.17) is 5.26 Å². The molecule has 2 aromatic rings. The maximum absolute atomic E-state index is 11.9. The Morgan fingerprint density at radius 3 is 2.86 bits per heavy atom. The minimum absolute atomic E-state index is 0.263. The van der Waals surface area contributed by atoms with Gasteiger partial charge < -0.3 is 0 Å². The van der Waals surface area contributed by atoms with Gasteiger partial charge >= 0.3 is 6.03 Å². The SMILES string of the molecule is Cc1nc2cc(C#N)ccc2cc1N1CCC(=O)NC1=O. The second-order valence-corrected chi connectivity index (χ2v) is 4.87. The smallest absolute Gasteiger partial charge is 0.292 e. The number of rotatable bonds is 1. The first-order valence-corrected chi connectivity index (χ1v) is 6.51. The van der Waals surface area contributed by atoms with Gasteiger partial charge in [0, 0.05) is 18.4 Å². The fourth-order valence-electron chi connectivity index (χ4n) is 2.39. The number of hydrogen-bond acceptors (Lipinski definition) is 4. The number of anilines is 1.